The summed E-state index contributed by atoms with van der Waals surface area (Å²) in [6, 6.07) is 4.44. The van der Waals surface area contributed by atoms with Gasteiger partial charge >= 0.3 is 0 Å². The summed E-state index contributed by atoms with van der Waals surface area (Å²) in [5.41, 5.74) is 0. The van der Waals surface area contributed by atoms with Crippen LogP contribution in [0.3, 0.4) is 0 Å². The molecule has 0 unspecified atom stereocenters. The Morgan fingerprint density at radius 3 is 2.93 bits per heavy atom. The van der Waals surface area contributed by atoms with Crippen LogP contribution in [0.15, 0.2) is 22.7 Å². The lowest BCUT2D eigenvalue weighted by molar-refractivity contribution is 0.341. The summed E-state index contributed by atoms with van der Waals surface area (Å²) < 4.78 is 18.8. The van der Waals surface area contributed by atoms with Gasteiger partial charge in [-0.05, 0) is 39.9 Å². The van der Waals surface area contributed by atoms with E-state index >= 15 is 0 Å². The average molecular weight is 279 g/mol. The van der Waals surface area contributed by atoms with Gasteiger partial charge in [-0.3, -0.25) is 0 Å². The number of thioether (sulfide) groups is 1. The Balaban J connectivity index is 2.42. The first-order chi connectivity index (χ1) is 6.74. The topological polar surface area (TPSA) is 9.23 Å². The third-order valence-corrected chi connectivity index (χ3v) is 3.07. The van der Waals surface area contributed by atoms with Crippen LogP contribution >= 0.6 is 27.7 Å². The summed E-state index contributed by atoms with van der Waals surface area (Å²) in [5.74, 6) is 2.49. The molecule has 0 fully saturated rings. The Morgan fingerprint density at radius 1 is 1.50 bits per heavy atom. The van der Waals surface area contributed by atoms with E-state index in [4.69, 9.17) is 4.74 Å². The SMILES string of the molecule is CCSCCOc1ccc(F)cc1Br. The molecule has 0 spiro atoms. The molecule has 0 aliphatic rings. The van der Waals surface area contributed by atoms with Crippen molar-refractivity contribution in [3.63, 3.8) is 0 Å². The van der Waals surface area contributed by atoms with Crippen molar-refractivity contribution in [2.75, 3.05) is 18.1 Å². The molecule has 1 rings (SSSR count). The Morgan fingerprint density at radius 2 is 2.29 bits per heavy atom. The Labute approximate surface area is 96.2 Å². The highest BCUT2D eigenvalue weighted by Crippen LogP contribution is 2.25. The quantitative estimate of drug-likeness (QED) is 0.760. The normalized spacial score (nSPS) is 10.2. The summed E-state index contributed by atoms with van der Waals surface area (Å²) in [5, 5.41) is 0. The van der Waals surface area contributed by atoms with Crippen molar-refractivity contribution < 1.29 is 9.13 Å². The van der Waals surface area contributed by atoms with Gasteiger partial charge < -0.3 is 4.74 Å². The number of halogens is 2. The number of hydrogen-bond donors (Lipinski definition) is 0. The minimum atomic E-state index is -0.257. The van der Waals surface area contributed by atoms with E-state index < -0.39 is 0 Å². The van der Waals surface area contributed by atoms with Crippen molar-refractivity contribution in [1.82, 2.24) is 0 Å². The molecule has 1 nitrogen and oxygen atoms in total. The van der Waals surface area contributed by atoms with Gasteiger partial charge in [0.05, 0.1) is 11.1 Å². The first-order valence-corrected chi connectivity index (χ1v) is 6.34. The molecule has 4 heteroatoms. The largest absolute Gasteiger partial charge is 0.492 e. The first kappa shape index (κ1) is 11.9. The second kappa shape index (κ2) is 6.30. The maximum absolute atomic E-state index is 12.7. The van der Waals surface area contributed by atoms with E-state index in [2.05, 4.69) is 22.9 Å². The third kappa shape index (κ3) is 3.88. The van der Waals surface area contributed by atoms with Crippen molar-refractivity contribution in [2.45, 2.75) is 6.92 Å². The lowest BCUT2D eigenvalue weighted by Gasteiger charge is -2.07. The van der Waals surface area contributed by atoms with E-state index in [9.17, 15) is 4.39 Å². The molecule has 0 heterocycles. The highest BCUT2D eigenvalue weighted by molar-refractivity contribution is 9.10. The van der Waals surface area contributed by atoms with E-state index in [0.717, 1.165) is 11.5 Å². The highest BCUT2D eigenvalue weighted by Gasteiger charge is 2.01. The molecule has 0 aliphatic heterocycles. The van der Waals surface area contributed by atoms with Gasteiger partial charge in [0.25, 0.3) is 0 Å². The van der Waals surface area contributed by atoms with E-state index in [1.54, 1.807) is 6.07 Å². The zero-order valence-corrected chi connectivity index (χ0v) is 10.3. The van der Waals surface area contributed by atoms with Crippen LogP contribution in [0.1, 0.15) is 6.92 Å². The molecule has 78 valence electrons. The van der Waals surface area contributed by atoms with Crippen LogP contribution in [0.25, 0.3) is 0 Å². The van der Waals surface area contributed by atoms with Gasteiger partial charge in [-0.2, -0.15) is 11.8 Å². The minimum absolute atomic E-state index is 0.257. The van der Waals surface area contributed by atoms with Gasteiger partial charge in [0, 0.05) is 5.75 Å². The highest BCUT2D eigenvalue weighted by atomic mass is 79.9. The second-order valence-corrected chi connectivity index (χ2v) is 4.87. The predicted molar refractivity (Wildman–Crippen MR) is 62.6 cm³/mol. The van der Waals surface area contributed by atoms with Crippen LogP contribution in [0.5, 0.6) is 5.75 Å². The van der Waals surface area contributed by atoms with Crippen molar-refractivity contribution >= 4 is 27.7 Å². The maximum Gasteiger partial charge on any atom is 0.133 e. The fourth-order valence-electron chi connectivity index (χ4n) is 0.947. The van der Waals surface area contributed by atoms with E-state index in [-0.39, 0.29) is 5.82 Å². The molecule has 0 radical (unpaired) electrons. The summed E-state index contributed by atoms with van der Waals surface area (Å²) in [7, 11) is 0. The van der Waals surface area contributed by atoms with Crippen LogP contribution in [0, 0.1) is 5.82 Å². The molecule has 1 aromatic rings. The van der Waals surface area contributed by atoms with Crippen LogP contribution in [0.2, 0.25) is 0 Å². The van der Waals surface area contributed by atoms with Gasteiger partial charge in [-0.1, -0.05) is 6.92 Å². The second-order valence-electron chi connectivity index (χ2n) is 2.62. The van der Waals surface area contributed by atoms with Crippen LogP contribution in [0.4, 0.5) is 4.39 Å². The Hall–Kier alpha value is -0.220. The van der Waals surface area contributed by atoms with Crippen LogP contribution in [-0.2, 0) is 0 Å². The molecule has 0 N–H and O–H groups in total. The van der Waals surface area contributed by atoms with Gasteiger partial charge in [0.1, 0.15) is 11.6 Å². The smallest absolute Gasteiger partial charge is 0.133 e. The molecule has 0 amide bonds. The molecule has 0 aliphatic carbocycles. The molecule has 0 saturated heterocycles. The molecule has 0 saturated carbocycles. The predicted octanol–water partition coefficient (Wildman–Crippen LogP) is 3.72. The fraction of sp³-hybridized carbons (Fsp3) is 0.400. The van der Waals surface area contributed by atoms with E-state index in [0.29, 0.717) is 16.8 Å². The van der Waals surface area contributed by atoms with Crippen molar-refractivity contribution in [2.24, 2.45) is 0 Å². The maximum atomic E-state index is 12.7. The molecule has 0 bridgehead atoms. The van der Waals surface area contributed by atoms with Gasteiger partial charge in [-0.25, -0.2) is 4.39 Å². The van der Waals surface area contributed by atoms with Crippen molar-refractivity contribution in [1.29, 1.82) is 0 Å². The average Bonchev–Trinajstić information content (AvgIpc) is 2.15. The summed E-state index contributed by atoms with van der Waals surface area (Å²) in [6.07, 6.45) is 0. The summed E-state index contributed by atoms with van der Waals surface area (Å²) >= 11 is 5.07. The van der Waals surface area contributed by atoms with Gasteiger partial charge in [0.2, 0.25) is 0 Å². The first-order valence-electron chi connectivity index (χ1n) is 4.39. The number of benzene rings is 1. The number of hydrogen-bond acceptors (Lipinski definition) is 2. The zero-order chi connectivity index (χ0) is 10.4. The van der Waals surface area contributed by atoms with Crippen molar-refractivity contribution in [3.8, 4) is 5.75 Å². The number of ether oxygens (including phenoxy) is 1. The molecule has 0 aromatic heterocycles. The Kier molecular flexibility index (Phi) is 5.33. The zero-order valence-electron chi connectivity index (χ0n) is 7.93. The molecule has 14 heavy (non-hydrogen) atoms. The lowest BCUT2D eigenvalue weighted by atomic mass is 10.3. The lowest BCUT2D eigenvalue weighted by Crippen LogP contribution is -2.00. The molecule has 1 aromatic carbocycles. The molecule has 0 atom stereocenters. The van der Waals surface area contributed by atoms with Crippen molar-refractivity contribution in [3.05, 3.63) is 28.5 Å². The molecular weight excluding hydrogens is 267 g/mol. The van der Waals surface area contributed by atoms with E-state index in [1.165, 1.54) is 12.1 Å². The summed E-state index contributed by atoms with van der Waals surface area (Å²) in [6.45, 7) is 2.77. The Bertz CT molecular complexity index is 293. The van der Waals surface area contributed by atoms with Crippen LogP contribution in [-0.4, -0.2) is 18.1 Å². The molecular formula is C10H12BrFOS. The summed E-state index contributed by atoms with van der Waals surface area (Å²) in [4.78, 5) is 0. The van der Waals surface area contributed by atoms with Gasteiger partial charge in [-0.15, -0.1) is 0 Å². The monoisotopic (exact) mass is 278 g/mol. The van der Waals surface area contributed by atoms with E-state index in [1.807, 2.05) is 11.8 Å². The fourth-order valence-corrected chi connectivity index (χ4v) is 1.90. The number of rotatable bonds is 5. The minimum Gasteiger partial charge on any atom is -0.492 e. The van der Waals surface area contributed by atoms with Gasteiger partial charge in [0.15, 0.2) is 0 Å². The van der Waals surface area contributed by atoms with Crippen LogP contribution < -0.4 is 4.74 Å². The third-order valence-electron chi connectivity index (χ3n) is 1.58. The standard InChI is InChI=1S/C10H12BrFOS/c1-2-14-6-5-13-10-4-3-8(12)7-9(10)11/h3-4,7H,2,5-6H2,1H3.